The van der Waals surface area contributed by atoms with Crippen molar-refractivity contribution in [2.45, 2.75) is 6.92 Å². The zero-order valence-electron chi connectivity index (χ0n) is 7.19. The second kappa shape index (κ2) is 5.37. The lowest BCUT2D eigenvalue weighted by molar-refractivity contribution is 0.0526. The summed E-state index contributed by atoms with van der Waals surface area (Å²) in [6, 6.07) is 3.05. The first-order chi connectivity index (χ1) is 5.74. The summed E-state index contributed by atoms with van der Waals surface area (Å²) in [5.41, 5.74) is 5.81. The first-order valence-corrected chi connectivity index (χ1v) is 3.62. The Hall–Kier alpha value is -1.29. The number of hydrogen-bond donors (Lipinski definition) is 1. The molecule has 0 fully saturated rings. The summed E-state index contributed by atoms with van der Waals surface area (Å²) in [5.74, 6) is -0.0489. The van der Waals surface area contributed by atoms with Crippen LogP contribution in [0.2, 0.25) is 0 Å². The maximum atomic E-state index is 11.1. The highest BCUT2D eigenvalue weighted by molar-refractivity contribution is 5.89. The van der Waals surface area contributed by atoms with E-state index >= 15 is 0 Å². The van der Waals surface area contributed by atoms with Crippen LogP contribution in [0.25, 0.3) is 0 Å². The van der Waals surface area contributed by atoms with Crippen LogP contribution in [0, 0.1) is 0 Å². The highest BCUT2D eigenvalue weighted by Gasteiger charge is 2.05. The molecule has 1 aromatic heterocycles. The molecule has 0 aromatic carbocycles. The van der Waals surface area contributed by atoms with E-state index in [9.17, 15) is 4.79 Å². The topological polar surface area (TPSA) is 65.2 Å². The third-order valence-corrected chi connectivity index (χ3v) is 1.29. The van der Waals surface area contributed by atoms with Gasteiger partial charge in [-0.05, 0) is 19.1 Å². The van der Waals surface area contributed by atoms with Gasteiger partial charge in [0.2, 0.25) is 0 Å². The number of halogens is 1. The SMILES string of the molecule is CCOC(=O)c1ccnc(N)c1.Cl. The highest BCUT2D eigenvalue weighted by Crippen LogP contribution is 2.04. The van der Waals surface area contributed by atoms with Crippen molar-refractivity contribution in [1.82, 2.24) is 4.98 Å². The number of carbonyl (C=O) groups is 1. The molecule has 13 heavy (non-hydrogen) atoms. The number of nitrogens with zero attached hydrogens (tertiary/aromatic N) is 1. The van der Waals surface area contributed by atoms with Crippen LogP contribution in [-0.4, -0.2) is 17.6 Å². The van der Waals surface area contributed by atoms with E-state index in [2.05, 4.69) is 4.98 Å². The fraction of sp³-hybridized carbons (Fsp3) is 0.250. The van der Waals surface area contributed by atoms with Crippen molar-refractivity contribution >= 4 is 24.2 Å². The Labute approximate surface area is 82.5 Å². The molecule has 0 aliphatic carbocycles. The molecule has 0 spiro atoms. The van der Waals surface area contributed by atoms with Gasteiger partial charge < -0.3 is 10.5 Å². The van der Waals surface area contributed by atoms with Crippen LogP contribution in [-0.2, 0) is 4.74 Å². The number of nitrogens with two attached hydrogens (primary N) is 1. The predicted molar refractivity (Wildman–Crippen MR) is 51.9 cm³/mol. The van der Waals surface area contributed by atoms with Gasteiger partial charge in [-0.1, -0.05) is 0 Å². The summed E-state index contributed by atoms with van der Waals surface area (Å²) in [6.07, 6.45) is 1.47. The molecule has 1 heterocycles. The first kappa shape index (κ1) is 11.7. The van der Waals surface area contributed by atoms with Crippen molar-refractivity contribution in [3.63, 3.8) is 0 Å². The van der Waals surface area contributed by atoms with Crippen LogP contribution >= 0.6 is 12.4 Å². The average Bonchev–Trinajstić information content (AvgIpc) is 2.05. The van der Waals surface area contributed by atoms with Crippen molar-refractivity contribution in [3.8, 4) is 0 Å². The molecule has 0 bridgehead atoms. The molecule has 5 heteroatoms. The van der Waals surface area contributed by atoms with Gasteiger partial charge in [0.15, 0.2) is 0 Å². The van der Waals surface area contributed by atoms with Crippen LogP contribution in [0.1, 0.15) is 17.3 Å². The smallest absolute Gasteiger partial charge is 0.338 e. The van der Waals surface area contributed by atoms with Crippen molar-refractivity contribution in [1.29, 1.82) is 0 Å². The van der Waals surface area contributed by atoms with E-state index in [1.54, 1.807) is 13.0 Å². The van der Waals surface area contributed by atoms with Crippen LogP contribution in [0.4, 0.5) is 5.82 Å². The molecule has 0 aliphatic rings. The maximum absolute atomic E-state index is 11.1. The van der Waals surface area contributed by atoms with Gasteiger partial charge in [0.25, 0.3) is 0 Å². The Balaban J connectivity index is 0.00000144. The second-order valence-corrected chi connectivity index (χ2v) is 2.19. The number of pyridine rings is 1. The minimum absolute atomic E-state index is 0. The fourth-order valence-corrected chi connectivity index (χ4v) is 0.790. The van der Waals surface area contributed by atoms with Crippen molar-refractivity contribution in [3.05, 3.63) is 23.9 Å². The Bertz CT molecular complexity index is 291. The third kappa shape index (κ3) is 3.29. The fourth-order valence-electron chi connectivity index (χ4n) is 0.790. The zero-order valence-corrected chi connectivity index (χ0v) is 8.00. The van der Waals surface area contributed by atoms with Gasteiger partial charge in [-0.25, -0.2) is 9.78 Å². The van der Waals surface area contributed by atoms with Gasteiger partial charge in [0.1, 0.15) is 5.82 Å². The van der Waals surface area contributed by atoms with Gasteiger partial charge in [0.05, 0.1) is 12.2 Å². The van der Waals surface area contributed by atoms with Crippen molar-refractivity contribution in [2.24, 2.45) is 0 Å². The lowest BCUT2D eigenvalue weighted by atomic mass is 10.3. The number of nitrogen functional groups attached to an aromatic ring is 1. The Kier molecular flexibility index (Phi) is 4.84. The summed E-state index contributed by atoms with van der Waals surface area (Å²) in [5, 5.41) is 0. The number of ether oxygens (including phenoxy) is 1. The molecule has 0 saturated heterocycles. The summed E-state index contributed by atoms with van der Waals surface area (Å²) in [4.78, 5) is 14.8. The molecule has 4 nitrogen and oxygen atoms in total. The summed E-state index contributed by atoms with van der Waals surface area (Å²) >= 11 is 0. The summed E-state index contributed by atoms with van der Waals surface area (Å²) in [7, 11) is 0. The van der Waals surface area contributed by atoms with E-state index in [4.69, 9.17) is 10.5 Å². The minimum atomic E-state index is -0.369. The highest BCUT2D eigenvalue weighted by atomic mass is 35.5. The summed E-state index contributed by atoms with van der Waals surface area (Å²) in [6.45, 7) is 2.11. The van der Waals surface area contributed by atoms with Crippen LogP contribution in [0.15, 0.2) is 18.3 Å². The van der Waals surface area contributed by atoms with Crippen LogP contribution in [0.5, 0.6) is 0 Å². The lowest BCUT2D eigenvalue weighted by Crippen LogP contribution is -2.05. The molecule has 0 amide bonds. The molecular weight excluding hydrogens is 192 g/mol. The molecule has 0 atom stereocenters. The van der Waals surface area contributed by atoms with E-state index in [0.29, 0.717) is 18.0 Å². The number of carbonyl (C=O) groups excluding carboxylic acids is 1. The summed E-state index contributed by atoms with van der Waals surface area (Å²) < 4.78 is 4.76. The first-order valence-electron chi connectivity index (χ1n) is 3.62. The normalized spacial score (nSPS) is 8.69. The number of rotatable bonds is 2. The standard InChI is InChI=1S/C8H10N2O2.ClH/c1-2-12-8(11)6-3-4-10-7(9)5-6;/h3-5H,2H2,1H3,(H2,9,10);1H. The zero-order chi connectivity index (χ0) is 8.97. The van der Waals surface area contributed by atoms with E-state index in [0.717, 1.165) is 0 Å². The number of anilines is 1. The van der Waals surface area contributed by atoms with Crippen LogP contribution in [0.3, 0.4) is 0 Å². The Morgan fingerprint density at radius 1 is 1.69 bits per heavy atom. The van der Waals surface area contributed by atoms with Gasteiger partial charge in [-0.2, -0.15) is 0 Å². The molecule has 72 valence electrons. The Morgan fingerprint density at radius 3 is 2.92 bits per heavy atom. The maximum Gasteiger partial charge on any atom is 0.338 e. The largest absolute Gasteiger partial charge is 0.462 e. The molecule has 1 rings (SSSR count). The minimum Gasteiger partial charge on any atom is -0.462 e. The molecule has 0 saturated carbocycles. The molecule has 0 aliphatic heterocycles. The monoisotopic (exact) mass is 202 g/mol. The molecule has 1 aromatic rings. The van der Waals surface area contributed by atoms with Gasteiger partial charge >= 0.3 is 5.97 Å². The van der Waals surface area contributed by atoms with Gasteiger partial charge in [0, 0.05) is 6.20 Å². The molecule has 2 N–H and O–H groups in total. The number of hydrogen-bond acceptors (Lipinski definition) is 4. The number of esters is 1. The van der Waals surface area contributed by atoms with E-state index in [-0.39, 0.29) is 18.4 Å². The van der Waals surface area contributed by atoms with Crippen molar-refractivity contribution < 1.29 is 9.53 Å². The van der Waals surface area contributed by atoms with Gasteiger partial charge in [-0.3, -0.25) is 0 Å². The quantitative estimate of drug-likeness (QED) is 0.734. The number of aromatic nitrogens is 1. The lowest BCUT2D eigenvalue weighted by Gasteiger charge is -2.00. The second-order valence-electron chi connectivity index (χ2n) is 2.19. The van der Waals surface area contributed by atoms with Gasteiger partial charge in [-0.15, -0.1) is 12.4 Å². The molecule has 0 unspecified atom stereocenters. The molecular formula is C8H11ClN2O2. The molecule has 0 radical (unpaired) electrons. The average molecular weight is 203 g/mol. The predicted octanol–water partition coefficient (Wildman–Crippen LogP) is 1.26. The third-order valence-electron chi connectivity index (χ3n) is 1.29. The van der Waals surface area contributed by atoms with Crippen molar-refractivity contribution in [2.75, 3.05) is 12.3 Å². The Morgan fingerprint density at radius 2 is 2.38 bits per heavy atom. The van der Waals surface area contributed by atoms with Crippen LogP contribution < -0.4 is 5.73 Å². The van der Waals surface area contributed by atoms with E-state index in [1.807, 2.05) is 0 Å². The van der Waals surface area contributed by atoms with E-state index < -0.39 is 0 Å². The van der Waals surface area contributed by atoms with E-state index in [1.165, 1.54) is 12.3 Å².